The van der Waals surface area contributed by atoms with E-state index in [1.54, 1.807) is 0 Å². The molecule has 18 heavy (non-hydrogen) atoms. The molecule has 7 nitrogen and oxygen atoms in total. The molecule has 0 atom stereocenters. The van der Waals surface area contributed by atoms with Gasteiger partial charge in [0.2, 0.25) is 10.0 Å². The Bertz CT molecular complexity index is 469. The quantitative estimate of drug-likeness (QED) is 0.660. The summed E-state index contributed by atoms with van der Waals surface area (Å²) in [6.45, 7) is 5.80. The third kappa shape index (κ3) is 3.97. The molecule has 0 unspecified atom stereocenters. The number of nitrogen functional groups attached to an aromatic ring is 1. The molecule has 0 aliphatic carbocycles. The number of nitrogens with zero attached hydrogens (tertiary/aromatic N) is 2. The second-order valence-corrected chi connectivity index (χ2v) is 5.42. The second kappa shape index (κ2) is 6.72. The average Bonchev–Trinajstić information content (AvgIpc) is 2.71. The fourth-order valence-corrected chi connectivity index (χ4v) is 2.54. The number of sulfonamides is 1. The molecule has 0 radical (unpaired) electrons. The SMILES string of the molecule is CCOCCCNS(=O)(=O)c1cn(CC)nc1N. The van der Waals surface area contributed by atoms with Gasteiger partial charge in [0.1, 0.15) is 4.90 Å². The number of anilines is 1. The minimum atomic E-state index is -3.58. The summed E-state index contributed by atoms with van der Waals surface area (Å²) in [5.74, 6) is 0.0224. The zero-order valence-electron chi connectivity index (χ0n) is 10.7. The summed E-state index contributed by atoms with van der Waals surface area (Å²) in [7, 11) is -3.58. The lowest BCUT2D eigenvalue weighted by atomic mass is 10.5. The van der Waals surface area contributed by atoms with Crippen molar-refractivity contribution in [3.05, 3.63) is 6.20 Å². The molecule has 0 aromatic carbocycles. The van der Waals surface area contributed by atoms with Crippen LogP contribution < -0.4 is 10.5 Å². The number of nitrogens with two attached hydrogens (primary N) is 1. The van der Waals surface area contributed by atoms with Crippen LogP contribution in [0, 0.1) is 0 Å². The first-order valence-corrected chi connectivity index (χ1v) is 7.40. The lowest BCUT2D eigenvalue weighted by Gasteiger charge is -2.05. The van der Waals surface area contributed by atoms with Crippen LogP contribution in [0.4, 0.5) is 5.82 Å². The molecule has 1 aromatic rings. The number of aryl methyl sites for hydroxylation is 1. The Kier molecular flexibility index (Phi) is 5.57. The third-order valence-electron chi connectivity index (χ3n) is 2.33. The Morgan fingerprint density at radius 1 is 1.50 bits per heavy atom. The molecule has 0 saturated carbocycles. The summed E-state index contributed by atoms with van der Waals surface area (Å²) in [6, 6.07) is 0. The molecule has 8 heteroatoms. The van der Waals surface area contributed by atoms with Crippen LogP contribution >= 0.6 is 0 Å². The van der Waals surface area contributed by atoms with Crippen LogP contribution in [0.1, 0.15) is 20.3 Å². The number of rotatable bonds is 8. The molecule has 3 N–H and O–H groups in total. The van der Waals surface area contributed by atoms with E-state index in [9.17, 15) is 8.42 Å². The highest BCUT2D eigenvalue weighted by Crippen LogP contribution is 2.15. The molecular formula is C10H20N4O3S. The van der Waals surface area contributed by atoms with Crippen LogP contribution in [0.5, 0.6) is 0 Å². The van der Waals surface area contributed by atoms with E-state index in [1.807, 2.05) is 13.8 Å². The maximum atomic E-state index is 11.9. The van der Waals surface area contributed by atoms with Crippen LogP contribution in [0.15, 0.2) is 11.1 Å². The predicted molar refractivity (Wildman–Crippen MR) is 68.6 cm³/mol. The van der Waals surface area contributed by atoms with E-state index in [0.29, 0.717) is 32.7 Å². The Morgan fingerprint density at radius 2 is 2.22 bits per heavy atom. The number of hydrogen-bond acceptors (Lipinski definition) is 5. The van der Waals surface area contributed by atoms with Crippen molar-refractivity contribution < 1.29 is 13.2 Å². The lowest BCUT2D eigenvalue weighted by Crippen LogP contribution is -2.26. The van der Waals surface area contributed by atoms with Crippen LogP contribution in [0.3, 0.4) is 0 Å². The second-order valence-electron chi connectivity index (χ2n) is 3.68. The van der Waals surface area contributed by atoms with E-state index in [1.165, 1.54) is 10.9 Å². The minimum absolute atomic E-state index is 0.0224. The Hall–Kier alpha value is -1.12. The fraction of sp³-hybridized carbons (Fsp3) is 0.700. The van der Waals surface area contributed by atoms with Crippen LogP contribution in [0.2, 0.25) is 0 Å². The van der Waals surface area contributed by atoms with E-state index < -0.39 is 10.0 Å². The van der Waals surface area contributed by atoms with Crippen molar-refractivity contribution in [2.24, 2.45) is 0 Å². The summed E-state index contributed by atoms with van der Waals surface area (Å²) < 4.78 is 32.9. The lowest BCUT2D eigenvalue weighted by molar-refractivity contribution is 0.146. The monoisotopic (exact) mass is 276 g/mol. The zero-order chi connectivity index (χ0) is 13.6. The van der Waals surface area contributed by atoms with Gasteiger partial charge in [0.05, 0.1) is 0 Å². The Labute approximate surface area is 107 Å². The summed E-state index contributed by atoms with van der Waals surface area (Å²) in [5.41, 5.74) is 5.58. The molecule has 0 fully saturated rings. The highest BCUT2D eigenvalue weighted by molar-refractivity contribution is 7.89. The number of ether oxygens (including phenoxy) is 1. The maximum Gasteiger partial charge on any atom is 0.245 e. The first kappa shape index (κ1) is 14.9. The predicted octanol–water partition coefficient (Wildman–Crippen LogP) is 0.190. The standard InChI is InChI=1S/C10H20N4O3S/c1-3-14-8-9(10(11)13-14)18(15,16)12-6-5-7-17-4-2/h8,12H,3-7H2,1-2H3,(H2,11,13). The molecule has 0 aliphatic heterocycles. The van der Waals surface area contributed by atoms with Gasteiger partial charge >= 0.3 is 0 Å². The van der Waals surface area contributed by atoms with E-state index in [-0.39, 0.29) is 10.7 Å². The van der Waals surface area contributed by atoms with E-state index in [0.717, 1.165) is 0 Å². The van der Waals surface area contributed by atoms with Crippen molar-refractivity contribution in [3.8, 4) is 0 Å². The third-order valence-corrected chi connectivity index (χ3v) is 3.81. The molecule has 0 saturated heterocycles. The Morgan fingerprint density at radius 3 is 2.78 bits per heavy atom. The van der Waals surface area contributed by atoms with Crippen molar-refractivity contribution in [2.75, 3.05) is 25.5 Å². The molecule has 1 aromatic heterocycles. The molecule has 0 bridgehead atoms. The van der Waals surface area contributed by atoms with Gasteiger partial charge in [-0.05, 0) is 20.3 Å². The number of nitrogens with one attached hydrogen (secondary N) is 1. The first-order chi connectivity index (χ1) is 8.51. The van der Waals surface area contributed by atoms with Gasteiger partial charge in [-0.2, -0.15) is 5.10 Å². The van der Waals surface area contributed by atoms with Gasteiger partial charge in [0.25, 0.3) is 0 Å². The van der Waals surface area contributed by atoms with Gasteiger partial charge in [-0.1, -0.05) is 0 Å². The van der Waals surface area contributed by atoms with Gasteiger partial charge in [0, 0.05) is 32.5 Å². The smallest absolute Gasteiger partial charge is 0.245 e. The van der Waals surface area contributed by atoms with Gasteiger partial charge in [-0.25, -0.2) is 13.1 Å². The normalized spacial score (nSPS) is 11.9. The van der Waals surface area contributed by atoms with Gasteiger partial charge in [-0.15, -0.1) is 0 Å². The highest BCUT2D eigenvalue weighted by Gasteiger charge is 2.20. The van der Waals surface area contributed by atoms with E-state index >= 15 is 0 Å². The number of aromatic nitrogens is 2. The molecule has 104 valence electrons. The largest absolute Gasteiger partial charge is 0.382 e. The van der Waals surface area contributed by atoms with Crippen molar-refractivity contribution >= 4 is 15.8 Å². The van der Waals surface area contributed by atoms with E-state index in [4.69, 9.17) is 10.5 Å². The number of hydrogen-bond donors (Lipinski definition) is 2. The minimum Gasteiger partial charge on any atom is -0.382 e. The Balaban J connectivity index is 2.60. The van der Waals surface area contributed by atoms with Crippen LogP contribution in [-0.4, -0.2) is 38.0 Å². The van der Waals surface area contributed by atoms with E-state index in [2.05, 4.69) is 9.82 Å². The molecular weight excluding hydrogens is 256 g/mol. The summed E-state index contributed by atoms with van der Waals surface area (Å²) in [4.78, 5) is 0.0285. The molecule has 1 rings (SSSR count). The van der Waals surface area contributed by atoms with Crippen molar-refractivity contribution in [3.63, 3.8) is 0 Å². The highest BCUT2D eigenvalue weighted by atomic mass is 32.2. The first-order valence-electron chi connectivity index (χ1n) is 5.91. The summed E-state index contributed by atoms with van der Waals surface area (Å²) >= 11 is 0. The van der Waals surface area contributed by atoms with Gasteiger partial charge in [0.15, 0.2) is 5.82 Å². The van der Waals surface area contributed by atoms with Gasteiger partial charge < -0.3 is 10.5 Å². The average molecular weight is 276 g/mol. The molecule has 0 amide bonds. The summed E-state index contributed by atoms with van der Waals surface area (Å²) in [6.07, 6.45) is 2.05. The van der Waals surface area contributed by atoms with Crippen LogP contribution in [0.25, 0.3) is 0 Å². The fourth-order valence-electron chi connectivity index (χ4n) is 1.39. The van der Waals surface area contributed by atoms with Gasteiger partial charge in [-0.3, -0.25) is 4.68 Å². The van der Waals surface area contributed by atoms with Crippen molar-refractivity contribution in [1.82, 2.24) is 14.5 Å². The van der Waals surface area contributed by atoms with Crippen molar-refractivity contribution in [2.45, 2.75) is 31.7 Å². The summed E-state index contributed by atoms with van der Waals surface area (Å²) in [5, 5.41) is 3.90. The molecule has 1 heterocycles. The maximum absolute atomic E-state index is 11.9. The van der Waals surface area contributed by atoms with Crippen molar-refractivity contribution in [1.29, 1.82) is 0 Å². The topological polar surface area (TPSA) is 99.2 Å². The molecule has 0 aliphatic rings. The zero-order valence-corrected chi connectivity index (χ0v) is 11.5. The molecule has 0 spiro atoms. The van der Waals surface area contributed by atoms with Crippen LogP contribution in [-0.2, 0) is 21.3 Å².